The van der Waals surface area contributed by atoms with Crippen LogP contribution in [0.3, 0.4) is 0 Å². The third kappa shape index (κ3) is 3.09. The normalized spacial score (nSPS) is 14.4. The predicted molar refractivity (Wildman–Crippen MR) is 107 cm³/mol. The lowest BCUT2D eigenvalue weighted by Gasteiger charge is -2.35. The number of hydrogen-bond acceptors (Lipinski definition) is 8. The molecule has 8 heteroatoms. The molecule has 0 bridgehead atoms. The summed E-state index contributed by atoms with van der Waals surface area (Å²) in [4.78, 5) is 30.9. The van der Waals surface area contributed by atoms with Gasteiger partial charge in [0.15, 0.2) is 5.65 Å². The van der Waals surface area contributed by atoms with Gasteiger partial charge in [-0.3, -0.25) is 4.98 Å². The molecule has 0 atom stereocenters. The number of anilines is 2. The number of pyridine rings is 2. The van der Waals surface area contributed by atoms with E-state index in [0.29, 0.717) is 0 Å². The molecule has 0 amide bonds. The summed E-state index contributed by atoms with van der Waals surface area (Å²) >= 11 is 0. The van der Waals surface area contributed by atoms with Crippen molar-refractivity contribution >= 4 is 22.8 Å². The molecule has 0 aromatic carbocycles. The second-order valence-corrected chi connectivity index (χ2v) is 6.53. The first-order chi connectivity index (χ1) is 13.9. The Morgan fingerprint density at radius 3 is 2.46 bits per heavy atom. The Hall–Kier alpha value is -3.68. The van der Waals surface area contributed by atoms with Gasteiger partial charge >= 0.3 is 0 Å². The standard InChI is InChI=1S/C20H18N8/c1-3-15(13-21-6-1)17-5-8-23-20(26-17)28-11-9-27(10-12-28)19-16-4-2-7-22-18(16)24-14-25-19/h1-8,13-14H,9-12H2. The maximum atomic E-state index is 4.74. The van der Waals surface area contributed by atoms with Crippen LogP contribution in [0.2, 0.25) is 0 Å². The highest BCUT2D eigenvalue weighted by atomic mass is 15.3. The molecular formula is C20H18N8. The van der Waals surface area contributed by atoms with Crippen molar-refractivity contribution in [2.75, 3.05) is 36.0 Å². The van der Waals surface area contributed by atoms with E-state index in [-0.39, 0.29) is 0 Å². The fourth-order valence-electron chi connectivity index (χ4n) is 3.43. The van der Waals surface area contributed by atoms with Crippen LogP contribution < -0.4 is 9.80 Å². The molecule has 5 rings (SSSR count). The molecule has 0 spiro atoms. The molecule has 0 radical (unpaired) electrons. The lowest BCUT2D eigenvalue weighted by molar-refractivity contribution is 0.636. The average molecular weight is 370 g/mol. The van der Waals surface area contributed by atoms with Crippen molar-refractivity contribution in [3.05, 3.63) is 61.4 Å². The summed E-state index contributed by atoms with van der Waals surface area (Å²) in [6.07, 6.45) is 8.72. The van der Waals surface area contributed by atoms with Gasteiger partial charge < -0.3 is 9.80 Å². The van der Waals surface area contributed by atoms with E-state index >= 15 is 0 Å². The largest absolute Gasteiger partial charge is 0.352 e. The van der Waals surface area contributed by atoms with Gasteiger partial charge in [-0.25, -0.2) is 24.9 Å². The molecule has 138 valence electrons. The first-order valence-corrected chi connectivity index (χ1v) is 9.17. The molecular weight excluding hydrogens is 352 g/mol. The Morgan fingerprint density at radius 2 is 1.61 bits per heavy atom. The van der Waals surface area contributed by atoms with Crippen molar-refractivity contribution in [1.82, 2.24) is 29.9 Å². The number of hydrogen-bond donors (Lipinski definition) is 0. The molecule has 0 aliphatic carbocycles. The molecule has 4 aromatic rings. The van der Waals surface area contributed by atoms with Gasteiger partial charge in [0, 0.05) is 56.5 Å². The molecule has 0 unspecified atom stereocenters. The monoisotopic (exact) mass is 370 g/mol. The van der Waals surface area contributed by atoms with Gasteiger partial charge in [0.25, 0.3) is 0 Å². The zero-order valence-electron chi connectivity index (χ0n) is 15.2. The minimum Gasteiger partial charge on any atom is -0.352 e. The fourth-order valence-corrected chi connectivity index (χ4v) is 3.43. The lowest BCUT2D eigenvalue weighted by atomic mass is 10.2. The molecule has 4 aromatic heterocycles. The zero-order chi connectivity index (χ0) is 18.8. The van der Waals surface area contributed by atoms with Gasteiger partial charge in [-0.1, -0.05) is 0 Å². The molecule has 28 heavy (non-hydrogen) atoms. The van der Waals surface area contributed by atoms with Crippen molar-refractivity contribution in [3.63, 3.8) is 0 Å². The maximum absolute atomic E-state index is 4.74. The highest BCUT2D eigenvalue weighted by molar-refractivity contribution is 5.86. The van der Waals surface area contributed by atoms with Crippen LogP contribution in [0.15, 0.2) is 61.4 Å². The molecule has 1 saturated heterocycles. The topological polar surface area (TPSA) is 83.8 Å². The third-order valence-electron chi connectivity index (χ3n) is 4.85. The summed E-state index contributed by atoms with van der Waals surface area (Å²) in [5.41, 5.74) is 2.60. The Balaban J connectivity index is 1.35. The number of rotatable bonds is 3. The van der Waals surface area contributed by atoms with Crippen LogP contribution in [0.4, 0.5) is 11.8 Å². The quantitative estimate of drug-likeness (QED) is 0.543. The number of aromatic nitrogens is 6. The highest BCUT2D eigenvalue weighted by Crippen LogP contribution is 2.24. The number of piperazine rings is 1. The van der Waals surface area contributed by atoms with Gasteiger partial charge in [0.05, 0.1) is 11.1 Å². The summed E-state index contributed by atoms with van der Waals surface area (Å²) < 4.78 is 0. The average Bonchev–Trinajstić information content (AvgIpc) is 2.79. The van der Waals surface area contributed by atoms with Crippen LogP contribution in [0.1, 0.15) is 0 Å². The van der Waals surface area contributed by atoms with E-state index in [0.717, 1.165) is 60.2 Å². The van der Waals surface area contributed by atoms with Gasteiger partial charge in [0.2, 0.25) is 5.95 Å². The van der Waals surface area contributed by atoms with Crippen LogP contribution in [0, 0.1) is 0 Å². The maximum Gasteiger partial charge on any atom is 0.225 e. The van der Waals surface area contributed by atoms with E-state index in [9.17, 15) is 0 Å². The van der Waals surface area contributed by atoms with Gasteiger partial charge in [-0.2, -0.15) is 0 Å². The van der Waals surface area contributed by atoms with Crippen LogP contribution in [0.5, 0.6) is 0 Å². The molecule has 0 N–H and O–H groups in total. The molecule has 1 aliphatic heterocycles. The fraction of sp³-hybridized carbons (Fsp3) is 0.200. The number of nitrogens with zero attached hydrogens (tertiary/aromatic N) is 8. The number of fused-ring (bicyclic) bond motifs is 1. The minimum atomic E-state index is 0.724. The Labute approximate surface area is 162 Å². The third-order valence-corrected chi connectivity index (χ3v) is 4.85. The van der Waals surface area contributed by atoms with E-state index in [2.05, 4.69) is 34.7 Å². The SMILES string of the molecule is c1cncc(-c2ccnc(N3CCN(c4ncnc5ncccc45)CC3)n2)c1. The Bertz CT molecular complexity index is 1090. The van der Waals surface area contributed by atoms with Gasteiger partial charge in [0.1, 0.15) is 12.1 Å². The molecule has 0 saturated carbocycles. The first kappa shape index (κ1) is 16.5. The second kappa shape index (κ2) is 7.15. The van der Waals surface area contributed by atoms with Crippen LogP contribution in [0.25, 0.3) is 22.3 Å². The van der Waals surface area contributed by atoms with E-state index in [1.165, 1.54) is 0 Å². The Morgan fingerprint density at radius 1 is 0.750 bits per heavy atom. The smallest absolute Gasteiger partial charge is 0.225 e. The summed E-state index contributed by atoms with van der Waals surface area (Å²) in [7, 11) is 0. The summed E-state index contributed by atoms with van der Waals surface area (Å²) in [5.74, 6) is 1.68. The molecule has 5 heterocycles. The van der Waals surface area contributed by atoms with Crippen molar-refractivity contribution in [3.8, 4) is 11.3 Å². The van der Waals surface area contributed by atoms with Crippen molar-refractivity contribution in [1.29, 1.82) is 0 Å². The summed E-state index contributed by atoms with van der Waals surface area (Å²) in [6, 6.07) is 9.77. The highest BCUT2D eigenvalue weighted by Gasteiger charge is 2.22. The summed E-state index contributed by atoms with van der Waals surface area (Å²) in [5, 5.41) is 0.980. The van der Waals surface area contributed by atoms with Crippen molar-refractivity contribution < 1.29 is 0 Å². The first-order valence-electron chi connectivity index (χ1n) is 9.17. The van der Waals surface area contributed by atoms with Crippen molar-refractivity contribution in [2.45, 2.75) is 0 Å². The Kier molecular flexibility index (Phi) is 4.21. The summed E-state index contributed by atoms with van der Waals surface area (Å²) in [6.45, 7) is 3.31. The lowest BCUT2D eigenvalue weighted by Crippen LogP contribution is -2.47. The van der Waals surface area contributed by atoms with E-state index in [1.54, 1.807) is 24.9 Å². The van der Waals surface area contributed by atoms with E-state index < -0.39 is 0 Å². The van der Waals surface area contributed by atoms with Crippen LogP contribution in [-0.2, 0) is 0 Å². The zero-order valence-corrected chi connectivity index (χ0v) is 15.2. The molecule has 1 fully saturated rings. The van der Waals surface area contributed by atoms with Crippen LogP contribution in [-0.4, -0.2) is 56.1 Å². The van der Waals surface area contributed by atoms with Crippen LogP contribution >= 0.6 is 0 Å². The van der Waals surface area contributed by atoms with Gasteiger partial charge in [-0.15, -0.1) is 0 Å². The van der Waals surface area contributed by atoms with Gasteiger partial charge in [-0.05, 0) is 30.3 Å². The molecule has 8 nitrogen and oxygen atoms in total. The predicted octanol–water partition coefficient (Wildman–Crippen LogP) is 2.20. The minimum absolute atomic E-state index is 0.724. The van der Waals surface area contributed by atoms with Crippen molar-refractivity contribution in [2.24, 2.45) is 0 Å². The molecule has 1 aliphatic rings. The van der Waals surface area contributed by atoms with E-state index in [4.69, 9.17) is 4.98 Å². The van der Waals surface area contributed by atoms with E-state index in [1.807, 2.05) is 36.5 Å². The second-order valence-electron chi connectivity index (χ2n) is 6.53.